The molecule has 0 radical (unpaired) electrons. The van der Waals surface area contributed by atoms with Gasteiger partial charge in [-0.3, -0.25) is 0 Å². The summed E-state index contributed by atoms with van der Waals surface area (Å²) in [6, 6.07) is 10.0. The summed E-state index contributed by atoms with van der Waals surface area (Å²) < 4.78 is 0. The number of thiocarbonyl (C=S) groups is 1. The van der Waals surface area contributed by atoms with Crippen molar-refractivity contribution in [3.63, 3.8) is 0 Å². The lowest BCUT2D eigenvalue weighted by Gasteiger charge is -2.10. The maximum Gasteiger partial charge on any atom is 0.170 e. The number of hydrogen-bond acceptors (Lipinski definition) is 1. The monoisotopic (exact) mass is 292 g/mol. The van der Waals surface area contributed by atoms with Crippen molar-refractivity contribution in [3.05, 3.63) is 30.3 Å². The molecule has 0 fully saturated rings. The topological polar surface area (TPSA) is 24.1 Å². The SMILES string of the molecule is CCCCCCCCCCNC(=S)Nc1ccccc1. The molecule has 0 aliphatic rings. The Balaban J connectivity index is 1.92. The highest BCUT2D eigenvalue weighted by Crippen LogP contribution is 2.08. The largest absolute Gasteiger partial charge is 0.362 e. The molecule has 2 nitrogen and oxygen atoms in total. The third kappa shape index (κ3) is 8.92. The first-order valence-electron chi connectivity index (χ1n) is 7.93. The molecule has 0 aromatic heterocycles. The Morgan fingerprint density at radius 2 is 1.50 bits per heavy atom. The lowest BCUT2D eigenvalue weighted by molar-refractivity contribution is 0.573. The molecule has 0 saturated heterocycles. The standard InChI is InChI=1S/C17H28N2S/c1-2-3-4-5-6-7-8-12-15-18-17(20)19-16-13-10-9-11-14-16/h9-11,13-14H,2-8,12,15H2,1H3,(H2,18,19,20). The number of para-hydroxylation sites is 1. The first-order chi connectivity index (χ1) is 9.83. The fourth-order valence-electron chi connectivity index (χ4n) is 2.16. The van der Waals surface area contributed by atoms with Gasteiger partial charge in [0.25, 0.3) is 0 Å². The van der Waals surface area contributed by atoms with Crippen LogP contribution in [0, 0.1) is 0 Å². The van der Waals surface area contributed by atoms with E-state index in [1.54, 1.807) is 0 Å². The van der Waals surface area contributed by atoms with Gasteiger partial charge in [-0.05, 0) is 30.8 Å². The normalized spacial score (nSPS) is 10.2. The molecule has 20 heavy (non-hydrogen) atoms. The van der Waals surface area contributed by atoms with Crippen LogP contribution in [0.3, 0.4) is 0 Å². The molecular formula is C17H28N2S. The van der Waals surface area contributed by atoms with Gasteiger partial charge in [0.05, 0.1) is 0 Å². The quantitative estimate of drug-likeness (QED) is 0.462. The minimum absolute atomic E-state index is 0.721. The van der Waals surface area contributed by atoms with E-state index in [-0.39, 0.29) is 0 Å². The van der Waals surface area contributed by atoms with Crippen molar-refractivity contribution >= 4 is 23.0 Å². The summed E-state index contributed by atoms with van der Waals surface area (Å²) >= 11 is 5.26. The molecule has 0 amide bonds. The van der Waals surface area contributed by atoms with E-state index in [1.165, 1.54) is 51.4 Å². The third-order valence-corrected chi connectivity index (χ3v) is 3.59. The van der Waals surface area contributed by atoms with Crippen LogP contribution in [0.1, 0.15) is 58.3 Å². The van der Waals surface area contributed by atoms with Crippen molar-refractivity contribution in [1.82, 2.24) is 5.32 Å². The summed E-state index contributed by atoms with van der Waals surface area (Å²) in [6.45, 7) is 3.23. The molecule has 0 bridgehead atoms. The lowest BCUT2D eigenvalue weighted by atomic mass is 10.1. The molecule has 3 heteroatoms. The van der Waals surface area contributed by atoms with Crippen LogP contribution in [0.2, 0.25) is 0 Å². The number of benzene rings is 1. The maximum atomic E-state index is 5.26. The Hall–Kier alpha value is -1.09. The van der Waals surface area contributed by atoms with E-state index in [0.717, 1.165) is 17.3 Å². The molecule has 0 heterocycles. The van der Waals surface area contributed by atoms with Gasteiger partial charge in [0.2, 0.25) is 0 Å². The van der Waals surface area contributed by atoms with Gasteiger partial charge in [-0.1, -0.05) is 70.1 Å². The number of anilines is 1. The lowest BCUT2D eigenvalue weighted by Crippen LogP contribution is -2.29. The first kappa shape index (κ1) is 17.0. The first-order valence-corrected chi connectivity index (χ1v) is 8.33. The van der Waals surface area contributed by atoms with Crippen molar-refractivity contribution < 1.29 is 0 Å². The van der Waals surface area contributed by atoms with Crippen molar-refractivity contribution in [2.24, 2.45) is 0 Å². The minimum atomic E-state index is 0.721. The Bertz CT molecular complexity index is 351. The molecule has 0 atom stereocenters. The average Bonchev–Trinajstić information content (AvgIpc) is 2.46. The molecule has 0 unspecified atom stereocenters. The smallest absolute Gasteiger partial charge is 0.170 e. The molecule has 0 saturated carbocycles. The third-order valence-electron chi connectivity index (χ3n) is 3.35. The van der Waals surface area contributed by atoms with Crippen LogP contribution in [0.15, 0.2) is 30.3 Å². The zero-order valence-corrected chi connectivity index (χ0v) is 13.5. The van der Waals surface area contributed by atoms with Gasteiger partial charge in [0, 0.05) is 12.2 Å². The Morgan fingerprint density at radius 3 is 2.15 bits per heavy atom. The van der Waals surface area contributed by atoms with Gasteiger partial charge >= 0.3 is 0 Å². The van der Waals surface area contributed by atoms with E-state index in [4.69, 9.17) is 12.2 Å². The van der Waals surface area contributed by atoms with Crippen LogP contribution in [-0.2, 0) is 0 Å². The zero-order valence-electron chi connectivity index (χ0n) is 12.7. The van der Waals surface area contributed by atoms with Crippen LogP contribution >= 0.6 is 12.2 Å². The fraction of sp³-hybridized carbons (Fsp3) is 0.588. The van der Waals surface area contributed by atoms with E-state index in [2.05, 4.69) is 17.6 Å². The molecule has 1 aromatic rings. The molecule has 112 valence electrons. The van der Waals surface area contributed by atoms with Gasteiger partial charge in [-0.2, -0.15) is 0 Å². The molecule has 1 rings (SSSR count). The van der Waals surface area contributed by atoms with Crippen LogP contribution < -0.4 is 10.6 Å². The van der Waals surface area contributed by atoms with Gasteiger partial charge in [-0.15, -0.1) is 0 Å². The summed E-state index contributed by atoms with van der Waals surface area (Å²) in [7, 11) is 0. The summed E-state index contributed by atoms with van der Waals surface area (Å²) in [5.74, 6) is 0. The van der Waals surface area contributed by atoms with Crippen molar-refractivity contribution in [1.29, 1.82) is 0 Å². The van der Waals surface area contributed by atoms with E-state index < -0.39 is 0 Å². The summed E-state index contributed by atoms with van der Waals surface area (Å²) in [4.78, 5) is 0. The second-order valence-corrected chi connectivity index (χ2v) is 5.63. The highest BCUT2D eigenvalue weighted by molar-refractivity contribution is 7.80. The zero-order chi connectivity index (χ0) is 14.5. The highest BCUT2D eigenvalue weighted by Gasteiger charge is 1.96. The molecule has 0 aliphatic heterocycles. The molecular weight excluding hydrogens is 264 g/mol. The van der Waals surface area contributed by atoms with Gasteiger partial charge in [0.1, 0.15) is 0 Å². The van der Waals surface area contributed by atoms with Crippen molar-refractivity contribution in [3.8, 4) is 0 Å². The minimum Gasteiger partial charge on any atom is -0.362 e. The maximum absolute atomic E-state index is 5.26. The number of hydrogen-bond donors (Lipinski definition) is 2. The van der Waals surface area contributed by atoms with Gasteiger partial charge < -0.3 is 10.6 Å². The van der Waals surface area contributed by atoms with E-state index in [9.17, 15) is 0 Å². The predicted molar refractivity (Wildman–Crippen MR) is 93.3 cm³/mol. The summed E-state index contributed by atoms with van der Waals surface area (Å²) in [6.07, 6.45) is 10.8. The van der Waals surface area contributed by atoms with Crippen LogP contribution in [0.5, 0.6) is 0 Å². The van der Waals surface area contributed by atoms with Crippen LogP contribution in [0.25, 0.3) is 0 Å². The summed E-state index contributed by atoms with van der Waals surface area (Å²) in [5.41, 5.74) is 1.04. The number of unbranched alkanes of at least 4 members (excludes halogenated alkanes) is 7. The average molecular weight is 292 g/mol. The predicted octanol–water partition coefficient (Wildman–Crippen LogP) is 5.11. The number of rotatable bonds is 10. The number of nitrogens with one attached hydrogen (secondary N) is 2. The summed E-state index contributed by atoms with van der Waals surface area (Å²) in [5, 5.41) is 7.17. The van der Waals surface area contributed by atoms with Crippen LogP contribution in [-0.4, -0.2) is 11.7 Å². The van der Waals surface area contributed by atoms with Crippen molar-refractivity contribution in [2.45, 2.75) is 58.3 Å². The van der Waals surface area contributed by atoms with Crippen LogP contribution in [0.4, 0.5) is 5.69 Å². The van der Waals surface area contributed by atoms with E-state index in [0.29, 0.717) is 0 Å². The molecule has 1 aromatic carbocycles. The second kappa shape index (κ2) is 11.7. The van der Waals surface area contributed by atoms with Gasteiger partial charge in [0.15, 0.2) is 5.11 Å². The van der Waals surface area contributed by atoms with Crippen molar-refractivity contribution in [2.75, 3.05) is 11.9 Å². The molecule has 0 aliphatic carbocycles. The Kier molecular flexibility index (Phi) is 9.93. The fourth-order valence-corrected chi connectivity index (χ4v) is 2.38. The van der Waals surface area contributed by atoms with E-state index in [1.807, 2.05) is 30.3 Å². The Morgan fingerprint density at radius 1 is 0.900 bits per heavy atom. The van der Waals surface area contributed by atoms with E-state index >= 15 is 0 Å². The van der Waals surface area contributed by atoms with Gasteiger partial charge in [-0.25, -0.2) is 0 Å². The molecule has 0 spiro atoms. The highest BCUT2D eigenvalue weighted by atomic mass is 32.1. The Labute approximate surface area is 129 Å². The second-order valence-electron chi connectivity index (χ2n) is 5.22. The molecule has 2 N–H and O–H groups in total.